The van der Waals surface area contributed by atoms with Gasteiger partial charge in [0.05, 0.1) is 0 Å². The summed E-state index contributed by atoms with van der Waals surface area (Å²) in [6.45, 7) is 4.07. The van der Waals surface area contributed by atoms with Crippen molar-refractivity contribution in [3.63, 3.8) is 0 Å². The molecule has 1 fully saturated rings. The normalized spacial score (nSPS) is 15.3. The highest BCUT2D eigenvalue weighted by Crippen LogP contribution is 2.29. The van der Waals surface area contributed by atoms with Crippen molar-refractivity contribution in [3.8, 4) is 0 Å². The SMILES string of the molecule is CNc1nc(C)cc(Sc2nnc(C3CCNCC3)n2C)n1.Cl. The minimum absolute atomic E-state index is 0. The van der Waals surface area contributed by atoms with E-state index in [0.29, 0.717) is 11.9 Å². The van der Waals surface area contributed by atoms with E-state index in [1.807, 2.05) is 27.1 Å². The van der Waals surface area contributed by atoms with Crippen LogP contribution in [0.15, 0.2) is 16.2 Å². The maximum absolute atomic E-state index is 4.46. The Hall–Kier alpha value is -1.38. The van der Waals surface area contributed by atoms with Crippen LogP contribution in [0.1, 0.15) is 30.3 Å². The summed E-state index contributed by atoms with van der Waals surface area (Å²) in [4.78, 5) is 8.77. The van der Waals surface area contributed by atoms with Gasteiger partial charge in [-0.15, -0.1) is 22.6 Å². The Bertz CT molecular complexity index is 655. The summed E-state index contributed by atoms with van der Waals surface area (Å²) in [7, 11) is 3.85. The molecule has 0 spiro atoms. The van der Waals surface area contributed by atoms with Crippen molar-refractivity contribution in [2.75, 3.05) is 25.5 Å². The quantitative estimate of drug-likeness (QED) is 0.812. The summed E-state index contributed by atoms with van der Waals surface area (Å²) in [5.74, 6) is 2.19. The van der Waals surface area contributed by atoms with Gasteiger partial charge in [0, 0.05) is 25.7 Å². The molecule has 2 N–H and O–H groups in total. The number of anilines is 1. The van der Waals surface area contributed by atoms with Gasteiger partial charge in [-0.2, -0.15) is 0 Å². The molecule has 3 rings (SSSR count). The minimum atomic E-state index is 0. The maximum Gasteiger partial charge on any atom is 0.223 e. The zero-order chi connectivity index (χ0) is 15.5. The summed E-state index contributed by atoms with van der Waals surface area (Å²) in [5.41, 5.74) is 0.933. The third-order valence-electron chi connectivity index (χ3n) is 3.82. The van der Waals surface area contributed by atoms with Crippen LogP contribution in [0.4, 0.5) is 5.95 Å². The monoisotopic (exact) mass is 355 g/mol. The molecule has 0 radical (unpaired) electrons. The Morgan fingerprint density at radius 2 is 2.00 bits per heavy atom. The lowest BCUT2D eigenvalue weighted by Gasteiger charge is -2.21. The molecule has 2 aromatic rings. The number of rotatable bonds is 4. The first kappa shape index (κ1) is 18.0. The third kappa shape index (κ3) is 4.13. The highest BCUT2D eigenvalue weighted by Gasteiger charge is 2.22. The predicted octanol–water partition coefficient (Wildman–Crippen LogP) is 2.00. The van der Waals surface area contributed by atoms with E-state index in [-0.39, 0.29) is 12.4 Å². The lowest BCUT2D eigenvalue weighted by Crippen LogP contribution is -2.27. The van der Waals surface area contributed by atoms with Gasteiger partial charge >= 0.3 is 0 Å². The van der Waals surface area contributed by atoms with Crippen molar-refractivity contribution in [2.45, 2.75) is 35.9 Å². The number of aromatic nitrogens is 5. The highest BCUT2D eigenvalue weighted by atomic mass is 35.5. The van der Waals surface area contributed by atoms with Crippen LogP contribution in [0.25, 0.3) is 0 Å². The van der Waals surface area contributed by atoms with E-state index < -0.39 is 0 Å². The number of aryl methyl sites for hydroxylation is 1. The van der Waals surface area contributed by atoms with E-state index in [4.69, 9.17) is 0 Å². The predicted molar refractivity (Wildman–Crippen MR) is 93.5 cm³/mol. The van der Waals surface area contributed by atoms with Crippen LogP contribution < -0.4 is 10.6 Å². The van der Waals surface area contributed by atoms with Gasteiger partial charge in [0.1, 0.15) is 10.9 Å². The first-order valence-corrected chi connectivity index (χ1v) is 8.30. The number of halogens is 1. The third-order valence-corrected chi connectivity index (χ3v) is 4.78. The molecule has 2 aromatic heterocycles. The number of nitrogens with one attached hydrogen (secondary N) is 2. The van der Waals surface area contributed by atoms with E-state index in [1.165, 1.54) is 11.8 Å². The molecule has 0 unspecified atom stereocenters. The Morgan fingerprint density at radius 1 is 1.26 bits per heavy atom. The van der Waals surface area contributed by atoms with Crippen LogP contribution in [0.2, 0.25) is 0 Å². The summed E-state index contributed by atoms with van der Waals surface area (Å²) in [6.07, 6.45) is 2.24. The largest absolute Gasteiger partial charge is 0.357 e. The molecule has 0 aromatic carbocycles. The molecule has 126 valence electrons. The molecule has 0 aliphatic carbocycles. The van der Waals surface area contributed by atoms with E-state index in [9.17, 15) is 0 Å². The topological polar surface area (TPSA) is 80.5 Å². The summed E-state index contributed by atoms with van der Waals surface area (Å²) >= 11 is 1.53. The lowest BCUT2D eigenvalue weighted by atomic mass is 9.97. The molecule has 1 aliphatic rings. The minimum Gasteiger partial charge on any atom is -0.357 e. The Morgan fingerprint density at radius 3 is 2.70 bits per heavy atom. The van der Waals surface area contributed by atoms with Crippen molar-refractivity contribution in [2.24, 2.45) is 7.05 Å². The molecular formula is C14H22ClN7S. The fourth-order valence-electron chi connectivity index (χ4n) is 2.65. The van der Waals surface area contributed by atoms with Gasteiger partial charge < -0.3 is 15.2 Å². The second-order valence-corrected chi connectivity index (χ2v) is 6.43. The number of hydrogen-bond acceptors (Lipinski definition) is 7. The van der Waals surface area contributed by atoms with Crippen molar-refractivity contribution in [1.82, 2.24) is 30.0 Å². The summed E-state index contributed by atoms with van der Waals surface area (Å²) in [6, 6.07) is 1.96. The van der Waals surface area contributed by atoms with E-state index in [2.05, 4.69) is 35.4 Å². The lowest BCUT2D eigenvalue weighted by molar-refractivity contribution is 0.434. The molecule has 3 heterocycles. The van der Waals surface area contributed by atoms with E-state index in [0.717, 1.165) is 47.6 Å². The molecule has 7 nitrogen and oxygen atoms in total. The molecule has 1 aliphatic heterocycles. The first-order chi connectivity index (χ1) is 10.7. The van der Waals surface area contributed by atoms with Gasteiger partial charge in [-0.05, 0) is 50.7 Å². The zero-order valence-electron chi connectivity index (χ0n) is 13.5. The van der Waals surface area contributed by atoms with E-state index in [1.54, 1.807) is 0 Å². The standard InChI is InChI=1S/C14H21N7S.ClH/c1-9-8-11(18-13(15-2)17-9)22-14-20-19-12(21(14)3)10-4-6-16-7-5-10;/h8,10,16H,4-7H2,1-3H3,(H,15,17,18);1H. The molecule has 23 heavy (non-hydrogen) atoms. The van der Waals surface area contributed by atoms with Crippen molar-refractivity contribution in [1.29, 1.82) is 0 Å². The van der Waals surface area contributed by atoms with Gasteiger partial charge in [-0.1, -0.05) is 0 Å². The van der Waals surface area contributed by atoms with E-state index >= 15 is 0 Å². The van der Waals surface area contributed by atoms with Gasteiger partial charge in [-0.3, -0.25) is 0 Å². The summed E-state index contributed by atoms with van der Waals surface area (Å²) in [5, 5.41) is 16.9. The molecule has 1 saturated heterocycles. The molecular weight excluding hydrogens is 334 g/mol. The number of hydrogen-bond donors (Lipinski definition) is 2. The Labute approximate surface area is 146 Å². The first-order valence-electron chi connectivity index (χ1n) is 7.48. The Balaban J connectivity index is 0.00000192. The second-order valence-electron chi connectivity index (χ2n) is 5.45. The van der Waals surface area contributed by atoms with Crippen molar-refractivity contribution in [3.05, 3.63) is 17.6 Å². The molecule has 0 amide bonds. The van der Waals surface area contributed by atoms with Gasteiger partial charge in [0.25, 0.3) is 0 Å². The van der Waals surface area contributed by atoms with Crippen LogP contribution in [0, 0.1) is 6.92 Å². The number of piperidine rings is 1. The van der Waals surface area contributed by atoms with Crippen molar-refractivity contribution >= 4 is 30.1 Å². The molecule has 0 saturated carbocycles. The molecule has 0 atom stereocenters. The van der Waals surface area contributed by atoms with Crippen LogP contribution in [-0.2, 0) is 7.05 Å². The fourth-order valence-corrected chi connectivity index (χ4v) is 3.51. The summed E-state index contributed by atoms with van der Waals surface area (Å²) < 4.78 is 2.09. The van der Waals surface area contributed by atoms with Gasteiger partial charge in [-0.25, -0.2) is 9.97 Å². The fraction of sp³-hybridized carbons (Fsp3) is 0.571. The smallest absolute Gasteiger partial charge is 0.223 e. The Kier molecular flexibility index (Phi) is 6.20. The van der Waals surface area contributed by atoms with Crippen LogP contribution in [0.5, 0.6) is 0 Å². The maximum atomic E-state index is 4.46. The number of nitrogens with zero attached hydrogens (tertiary/aromatic N) is 5. The molecule has 0 bridgehead atoms. The molecule has 9 heteroatoms. The highest BCUT2D eigenvalue weighted by molar-refractivity contribution is 7.99. The average Bonchev–Trinajstić information content (AvgIpc) is 2.88. The van der Waals surface area contributed by atoms with Crippen LogP contribution in [0.3, 0.4) is 0 Å². The average molecular weight is 356 g/mol. The van der Waals surface area contributed by atoms with Crippen LogP contribution in [-0.4, -0.2) is 44.9 Å². The van der Waals surface area contributed by atoms with Gasteiger partial charge in [0.2, 0.25) is 5.95 Å². The van der Waals surface area contributed by atoms with Crippen molar-refractivity contribution < 1.29 is 0 Å². The van der Waals surface area contributed by atoms with Crippen LogP contribution >= 0.6 is 24.2 Å². The second kappa shape index (κ2) is 7.94. The zero-order valence-corrected chi connectivity index (χ0v) is 15.2. The van der Waals surface area contributed by atoms with Gasteiger partial charge in [0.15, 0.2) is 5.16 Å².